The fourth-order valence-corrected chi connectivity index (χ4v) is 1.68. The first-order valence-electron chi connectivity index (χ1n) is 4.48. The van der Waals surface area contributed by atoms with Gasteiger partial charge in [0, 0.05) is 4.47 Å². The zero-order valence-corrected chi connectivity index (χ0v) is 10.1. The van der Waals surface area contributed by atoms with E-state index in [0.29, 0.717) is 22.2 Å². The molecule has 1 aromatic rings. The van der Waals surface area contributed by atoms with Crippen LogP contribution in [0.1, 0.15) is 28.4 Å². The summed E-state index contributed by atoms with van der Waals surface area (Å²) in [6.07, 6.45) is 0. The maximum atomic E-state index is 11.6. The van der Waals surface area contributed by atoms with Gasteiger partial charge in [0.25, 0.3) is 0 Å². The van der Waals surface area contributed by atoms with Crippen LogP contribution in [0.15, 0.2) is 16.6 Å². The number of nitrogens with zero attached hydrogens (tertiary/aromatic N) is 1. The van der Waals surface area contributed by atoms with Crippen molar-refractivity contribution >= 4 is 21.9 Å². The molecule has 1 aromatic carbocycles. The van der Waals surface area contributed by atoms with Crippen LogP contribution in [0.4, 0.5) is 0 Å². The summed E-state index contributed by atoms with van der Waals surface area (Å²) >= 11 is 3.23. The normalized spacial score (nSPS) is 9.47. The second kappa shape index (κ2) is 4.94. The van der Waals surface area contributed by atoms with Crippen LogP contribution in [0, 0.1) is 18.3 Å². The van der Waals surface area contributed by atoms with Crippen LogP contribution >= 0.6 is 15.9 Å². The minimum atomic E-state index is -0.451. The summed E-state index contributed by atoms with van der Waals surface area (Å²) in [6.45, 7) is 3.81. The van der Waals surface area contributed by atoms with Crippen molar-refractivity contribution in [2.75, 3.05) is 6.61 Å². The molecule has 0 bridgehead atoms. The van der Waals surface area contributed by atoms with Gasteiger partial charge in [-0.05, 0) is 41.4 Å². The average Bonchev–Trinajstić information content (AvgIpc) is 2.21. The molecule has 0 aliphatic heterocycles. The summed E-state index contributed by atoms with van der Waals surface area (Å²) < 4.78 is 5.51. The lowest BCUT2D eigenvalue weighted by molar-refractivity contribution is 0.0525. The first kappa shape index (κ1) is 11.7. The molecule has 0 heterocycles. The van der Waals surface area contributed by atoms with E-state index < -0.39 is 5.97 Å². The number of nitriles is 1. The molecule has 4 heteroatoms. The Balaban J connectivity index is 3.33. The summed E-state index contributed by atoms with van der Waals surface area (Å²) in [5.41, 5.74) is 1.41. The third-order valence-corrected chi connectivity index (χ3v) is 2.62. The summed E-state index contributed by atoms with van der Waals surface area (Å²) in [4.78, 5) is 11.6. The quantitative estimate of drug-likeness (QED) is 0.775. The summed E-state index contributed by atoms with van der Waals surface area (Å²) in [7, 11) is 0. The lowest BCUT2D eigenvalue weighted by Gasteiger charge is -2.08. The molecule has 15 heavy (non-hydrogen) atoms. The lowest BCUT2D eigenvalue weighted by atomic mass is 10.0. The van der Waals surface area contributed by atoms with Gasteiger partial charge in [0.2, 0.25) is 0 Å². The highest BCUT2D eigenvalue weighted by atomic mass is 79.9. The number of hydrogen-bond acceptors (Lipinski definition) is 3. The molecule has 0 saturated heterocycles. The Morgan fingerprint density at radius 1 is 1.60 bits per heavy atom. The minimum Gasteiger partial charge on any atom is -0.462 e. The zero-order chi connectivity index (χ0) is 11.4. The van der Waals surface area contributed by atoms with Crippen LogP contribution in [0.5, 0.6) is 0 Å². The molecule has 0 radical (unpaired) electrons. The maximum absolute atomic E-state index is 11.6. The molecule has 0 fully saturated rings. The van der Waals surface area contributed by atoms with Gasteiger partial charge in [-0.3, -0.25) is 0 Å². The number of ether oxygens (including phenoxy) is 1. The third-order valence-electron chi connectivity index (χ3n) is 1.95. The third kappa shape index (κ3) is 2.37. The summed E-state index contributed by atoms with van der Waals surface area (Å²) in [6, 6.07) is 5.52. The van der Waals surface area contributed by atoms with Gasteiger partial charge in [-0.25, -0.2) is 4.79 Å². The van der Waals surface area contributed by atoms with Crippen molar-refractivity contribution in [3.8, 4) is 6.07 Å². The topological polar surface area (TPSA) is 50.1 Å². The van der Waals surface area contributed by atoms with Gasteiger partial charge in [-0.2, -0.15) is 5.26 Å². The van der Waals surface area contributed by atoms with Gasteiger partial charge in [-0.15, -0.1) is 0 Å². The molecule has 78 valence electrons. The van der Waals surface area contributed by atoms with Crippen molar-refractivity contribution in [2.24, 2.45) is 0 Å². The van der Waals surface area contributed by atoms with E-state index in [1.807, 2.05) is 6.07 Å². The number of benzene rings is 1. The van der Waals surface area contributed by atoms with Crippen molar-refractivity contribution in [1.29, 1.82) is 5.26 Å². The van der Waals surface area contributed by atoms with Crippen LogP contribution in [-0.4, -0.2) is 12.6 Å². The van der Waals surface area contributed by atoms with Gasteiger partial charge in [-0.1, -0.05) is 6.07 Å². The van der Waals surface area contributed by atoms with E-state index in [9.17, 15) is 4.79 Å². The Labute approximate surface area is 96.8 Å². The number of aryl methyl sites for hydroxylation is 1. The Kier molecular flexibility index (Phi) is 3.87. The van der Waals surface area contributed by atoms with Gasteiger partial charge in [0.05, 0.1) is 17.7 Å². The molecule has 0 unspecified atom stereocenters. The molecule has 0 N–H and O–H groups in total. The smallest absolute Gasteiger partial charge is 0.339 e. The summed E-state index contributed by atoms with van der Waals surface area (Å²) in [5.74, 6) is -0.451. The molecule has 0 spiro atoms. The number of carbonyl (C=O) groups excluding carboxylic acids is 1. The van der Waals surface area contributed by atoms with Crippen molar-refractivity contribution in [1.82, 2.24) is 0 Å². The molecular weight excluding hydrogens is 258 g/mol. The largest absolute Gasteiger partial charge is 0.462 e. The molecule has 0 aromatic heterocycles. The van der Waals surface area contributed by atoms with Crippen molar-refractivity contribution in [3.63, 3.8) is 0 Å². The van der Waals surface area contributed by atoms with Gasteiger partial charge in [0.1, 0.15) is 6.07 Å². The maximum Gasteiger partial charge on any atom is 0.339 e. The fourth-order valence-electron chi connectivity index (χ4n) is 1.26. The SMILES string of the molecule is CCOC(=O)c1c(C)ccc(Br)c1C#N. The van der Waals surface area contributed by atoms with E-state index in [0.717, 1.165) is 5.56 Å². The highest BCUT2D eigenvalue weighted by molar-refractivity contribution is 9.10. The highest BCUT2D eigenvalue weighted by Crippen LogP contribution is 2.23. The number of rotatable bonds is 2. The molecule has 3 nitrogen and oxygen atoms in total. The monoisotopic (exact) mass is 267 g/mol. The van der Waals surface area contributed by atoms with Crippen LogP contribution in [0.3, 0.4) is 0 Å². The second-order valence-electron chi connectivity index (χ2n) is 2.95. The number of carbonyl (C=O) groups is 1. The second-order valence-corrected chi connectivity index (χ2v) is 3.80. The Hall–Kier alpha value is -1.34. The zero-order valence-electron chi connectivity index (χ0n) is 8.50. The number of halogens is 1. The van der Waals surface area contributed by atoms with Crippen LogP contribution in [0.2, 0.25) is 0 Å². The lowest BCUT2D eigenvalue weighted by Crippen LogP contribution is -2.09. The molecule has 0 amide bonds. The fraction of sp³-hybridized carbons (Fsp3) is 0.273. The molecule has 0 atom stereocenters. The van der Waals surface area contributed by atoms with Gasteiger partial charge in [0.15, 0.2) is 0 Å². The van der Waals surface area contributed by atoms with E-state index in [4.69, 9.17) is 10.00 Å². The number of hydrogen-bond donors (Lipinski definition) is 0. The van der Waals surface area contributed by atoms with E-state index >= 15 is 0 Å². The van der Waals surface area contributed by atoms with Crippen molar-refractivity contribution in [3.05, 3.63) is 33.3 Å². The first-order valence-corrected chi connectivity index (χ1v) is 5.27. The first-order chi connectivity index (χ1) is 7.11. The standard InChI is InChI=1S/C11H10BrNO2/c1-3-15-11(14)10-7(2)4-5-9(12)8(10)6-13/h4-5H,3H2,1-2H3. The molecular formula is C11H10BrNO2. The minimum absolute atomic E-state index is 0.301. The Bertz CT molecular complexity index is 435. The van der Waals surface area contributed by atoms with E-state index in [-0.39, 0.29) is 0 Å². The highest BCUT2D eigenvalue weighted by Gasteiger charge is 2.17. The number of esters is 1. The van der Waals surface area contributed by atoms with E-state index in [1.54, 1.807) is 26.0 Å². The predicted molar refractivity (Wildman–Crippen MR) is 59.6 cm³/mol. The van der Waals surface area contributed by atoms with Gasteiger partial charge >= 0.3 is 5.97 Å². The predicted octanol–water partition coefficient (Wildman–Crippen LogP) is 2.81. The molecule has 0 saturated carbocycles. The van der Waals surface area contributed by atoms with Gasteiger partial charge < -0.3 is 4.74 Å². The van der Waals surface area contributed by atoms with Crippen LogP contribution in [-0.2, 0) is 4.74 Å². The molecule has 0 aliphatic carbocycles. The molecule has 0 aliphatic rings. The van der Waals surface area contributed by atoms with E-state index in [1.165, 1.54) is 0 Å². The van der Waals surface area contributed by atoms with E-state index in [2.05, 4.69) is 15.9 Å². The Morgan fingerprint density at radius 3 is 2.80 bits per heavy atom. The Morgan fingerprint density at radius 2 is 2.27 bits per heavy atom. The van der Waals surface area contributed by atoms with Crippen molar-refractivity contribution < 1.29 is 9.53 Å². The van der Waals surface area contributed by atoms with Crippen LogP contribution < -0.4 is 0 Å². The van der Waals surface area contributed by atoms with Crippen molar-refractivity contribution in [2.45, 2.75) is 13.8 Å². The van der Waals surface area contributed by atoms with Crippen LogP contribution in [0.25, 0.3) is 0 Å². The average molecular weight is 268 g/mol. The summed E-state index contributed by atoms with van der Waals surface area (Å²) in [5, 5.41) is 8.95. The molecule has 1 rings (SSSR count).